The maximum absolute atomic E-state index is 9.94. The van der Waals surface area contributed by atoms with Crippen molar-refractivity contribution in [1.29, 1.82) is 0 Å². The molecule has 0 fully saturated rings. The minimum atomic E-state index is -0.792. The van der Waals surface area contributed by atoms with E-state index in [0.717, 1.165) is 0 Å². The van der Waals surface area contributed by atoms with Gasteiger partial charge < -0.3 is 0 Å². The Bertz CT molecular complexity index is 104. The van der Waals surface area contributed by atoms with E-state index >= 15 is 0 Å². The van der Waals surface area contributed by atoms with Crippen LogP contribution >= 0.6 is 0 Å². The van der Waals surface area contributed by atoms with Crippen LogP contribution in [0.2, 0.25) is 0 Å². The monoisotopic (exact) mass is 136 g/mol. The smallest absolute Gasteiger partial charge is 0.296 e. The predicted molar refractivity (Wildman–Crippen MR) is 29.3 cm³/mol. The van der Waals surface area contributed by atoms with Gasteiger partial charge in [-0.3, -0.25) is 4.89 Å². The van der Waals surface area contributed by atoms with Crippen molar-refractivity contribution in [2.24, 2.45) is 0 Å². The van der Waals surface area contributed by atoms with Gasteiger partial charge in [-0.1, -0.05) is 6.58 Å². The molecule has 0 aliphatic heterocycles. The van der Waals surface area contributed by atoms with Gasteiger partial charge in [0.15, 0.2) is 0 Å². The molecule has 0 atom stereocenters. The number of carbonyl (C=O) groups excluding carboxylic acids is 1. The molecule has 0 aliphatic carbocycles. The fourth-order valence-electron chi connectivity index (χ4n) is 0.0779. The molecule has 0 amide bonds. The summed E-state index contributed by atoms with van der Waals surface area (Å²) in [6.45, 7) is 4.63. The Balaban J connectivity index is -0.000000180. The summed E-state index contributed by atoms with van der Waals surface area (Å²) in [6, 6.07) is 0. The van der Waals surface area contributed by atoms with Crippen LogP contribution in [-0.4, -0.2) is 28.6 Å². The summed E-state index contributed by atoms with van der Waals surface area (Å²) in [5.74, 6) is -0.792. The summed E-state index contributed by atoms with van der Waals surface area (Å²) in [5.41, 5.74) is 0.183. The first-order valence-corrected chi connectivity index (χ1v) is 1.69. The van der Waals surface area contributed by atoms with Crippen molar-refractivity contribution in [2.45, 2.75) is 6.92 Å². The first kappa shape index (κ1) is 16.1. The standard InChI is InChI=1S/C4H6O3.Al.Li/c1-3(2)4(5)7-6;;/h6H,1H2,2H3;;/q;+3;+1. The van der Waals surface area contributed by atoms with Gasteiger partial charge in [0.2, 0.25) is 0 Å². The van der Waals surface area contributed by atoms with Crippen LogP contribution in [-0.2, 0) is 9.68 Å². The molecule has 3 nitrogen and oxygen atoms in total. The summed E-state index contributed by atoms with van der Waals surface area (Å²) in [7, 11) is 0. The van der Waals surface area contributed by atoms with Gasteiger partial charge >= 0.3 is 42.2 Å². The van der Waals surface area contributed by atoms with E-state index < -0.39 is 5.97 Å². The van der Waals surface area contributed by atoms with Crippen molar-refractivity contribution < 1.29 is 33.8 Å². The first-order valence-electron chi connectivity index (χ1n) is 1.69. The summed E-state index contributed by atoms with van der Waals surface area (Å²) < 4.78 is 0. The van der Waals surface area contributed by atoms with E-state index in [1.807, 2.05) is 0 Å². The Hall–Kier alpha value is 0.300. The molecule has 9 heavy (non-hydrogen) atoms. The maximum Gasteiger partial charge on any atom is 3.00 e. The zero-order chi connectivity index (χ0) is 5.86. The summed E-state index contributed by atoms with van der Waals surface area (Å²) >= 11 is 0. The van der Waals surface area contributed by atoms with Gasteiger partial charge in [-0.2, -0.15) is 5.26 Å². The molecular weight excluding hydrogens is 130 g/mol. The third-order valence-corrected chi connectivity index (χ3v) is 0.431. The average molecular weight is 136 g/mol. The van der Waals surface area contributed by atoms with Crippen molar-refractivity contribution in [3.05, 3.63) is 12.2 Å². The number of carbonyl (C=O) groups is 1. The molecule has 0 saturated heterocycles. The molecule has 0 heterocycles. The predicted octanol–water partition coefficient (Wildman–Crippen LogP) is -2.80. The van der Waals surface area contributed by atoms with Crippen LogP contribution in [0.4, 0.5) is 0 Å². The number of hydrogen-bond acceptors (Lipinski definition) is 3. The zero-order valence-electron chi connectivity index (χ0n) is 5.55. The minimum absolute atomic E-state index is 0. The molecule has 0 aliphatic rings. The van der Waals surface area contributed by atoms with Gasteiger partial charge in [-0.15, -0.1) is 0 Å². The molecule has 0 aromatic carbocycles. The van der Waals surface area contributed by atoms with Crippen LogP contribution in [0.5, 0.6) is 0 Å². The Kier molecular flexibility index (Phi) is 14.9. The quantitative estimate of drug-likeness (QED) is 0.183. The Morgan fingerprint density at radius 2 is 2.00 bits per heavy atom. The molecule has 0 unspecified atom stereocenters. The molecule has 0 bridgehead atoms. The second-order valence-corrected chi connectivity index (χ2v) is 1.16. The van der Waals surface area contributed by atoms with Gasteiger partial charge in [0, 0.05) is 5.57 Å². The number of rotatable bonds is 1. The van der Waals surface area contributed by atoms with Gasteiger partial charge in [0.25, 0.3) is 0 Å². The van der Waals surface area contributed by atoms with Crippen molar-refractivity contribution in [3.63, 3.8) is 0 Å². The van der Waals surface area contributed by atoms with Crippen LogP contribution in [0.15, 0.2) is 12.2 Å². The van der Waals surface area contributed by atoms with E-state index in [9.17, 15) is 4.79 Å². The molecule has 5 heteroatoms. The third-order valence-electron chi connectivity index (χ3n) is 0.431. The van der Waals surface area contributed by atoms with Crippen LogP contribution in [0.3, 0.4) is 0 Å². The van der Waals surface area contributed by atoms with E-state index in [0.29, 0.717) is 0 Å². The first-order chi connectivity index (χ1) is 3.18. The van der Waals surface area contributed by atoms with E-state index in [1.54, 1.807) is 0 Å². The van der Waals surface area contributed by atoms with E-state index in [2.05, 4.69) is 11.5 Å². The molecule has 0 radical (unpaired) electrons. The Morgan fingerprint density at radius 1 is 1.67 bits per heavy atom. The second-order valence-electron chi connectivity index (χ2n) is 1.16. The normalized spacial score (nSPS) is 6.00. The van der Waals surface area contributed by atoms with Crippen LogP contribution in [0.1, 0.15) is 6.92 Å². The fraction of sp³-hybridized carbons (Fsp3) is 0.250. The average Bonchev–Trinajstić information content (AvgIpc) is 1.65. The zero-order valence-corrected chi connectivity index (χ0v) is 6.70. The van der Waals surface area contributed by atoms with Gasteiger partial charge in [-0.25, -0.2) is 4.79 Å². The summed E-state index contributed by atoms with van der Waals surface area (Å²) in [6.07, 6.45) is 0. The van der Waals surface area contributed by atoms with Crippen LogP contribution in [0, 0.1) is 0 Å². The number of hydrogen-bond donors (Lipinski definition) is 1. The Labute approximate surface area is 76.3 Å². The van der Waals surface area contributed by atoms with Crippen LogP contribution in [0.25, 0.3) is 0 Å². The molecule has 0 saturated carbocycles. The second kappa shape index (κ2) is 8.30. The minimum Gasteiger partial charge on any atom is -0.296 e. The molecule has 1 N–H and O–H groups in total. The fourth-order valence-corrected chi connectivity index (χ4v) is 0.0779. The molecule has 0 spiro atoms. The molecule has 0 aromatic rings. The van der Waals surface area contributed by atoms with Crippen molar-refractivity contribution in [1.82, 2.24) is 0 Å². The van der Waals surface area contributed by atoms with Gasteiger partial charge in [0.1, 0.15) is 0 Å². The van der Waals surface area contributed by atoms with Gasteiger partial charge in [-0.05, 0) is 6.92 Å². The van der Waals surface area contributed by atoms with E-state index in [1.165, 1.54) is 6.92 Å². The van der Waals surface area contributed by atoms with E-state index in [4.69, 9.17) is 5.26 Å². The van der Waals surface area contributed by atoms with Gasteiger partial charge in [0.05, 0.1) is 0 Å². The van der Waals surface area contributed by atoms with Crippen LogP contribution < -0.4 is 18.9 Å². The van der Waals surface area contributed by atoms with Crippen molar-refractivity contribution >= 4 is 23.3 Å². The SMILES string of the molecule is C=C(C)C(=O)OO.[Al+3].[Li+]. The van der Waals surface area contributed by atoms with Crippen molar-refractivity contribution in [2.75, 3.05) is 0 Å². The largest absolute Gasteiger partial charge is 3.00 e. The van der Waals surface area contributed by atoms with E-state index in [-0.39, 0.29) is 41.8 Å². The Morgan fingerprint density at radius 3 is 2.00 bits per heavy atom. The van der Waals surface area contributed by atoms with Crippen molar-refractivity contribution in [3.8, 4) is 0 Å². The molecule has 0 aromatic heterocycles. The summed E-state index contributed by atoms with van der Waals surface area (Å²) in [4.78, 5) is 13.2. The molecular formula is C4H6AlLiO3+4. The summed E-state index contributed by atoms with van der Waals surface area (Å²) in [5, 5.41) is 7.59. The molecule has 0 rings (SSSR count). The maximum atomic E-state index is 9.94. The molecule has 40 valence electrons. The third kappa shape index (κ3) is 8.30. The topological polar surface area (TPSA) is 46.5 Å².